The summed E-state index contributed by atoms with van der Waals surface area (Å²) in [6.07, 6.45) is 1.90. The molecular weight excluding hydrogens is 432 g/mol. The topological polar surface area (TPSA) is 115 Å². The maximum absolute atomic E-state index is 12.8. The number of nitrogens with one attached hydrogen (secondary N) is 2. The van der Waals surface area contributed by atoms with E-state index in [4.69, 9.17) is 16.0 Å². The van der Waals surface area contributed by atoms with E-state index in [0.717, 1.165) is 5.56 Å². The molecule has 162 valence electrons. The van der Waals surface area contributed by atoms with E-state index in [0.29, 0.717) is 28.6 Å². The molecule has 0 radical (unpaired) electrons. The van der Waals surface area contributed by atoms with E-state index in [1.54, 1.807) is 60.7 Å². The van der Waals surface area contributed by atoms with Gasteiger partial charge in [0.1, 0.15) is 0 Å². The van der Waals surface area contributed by atoms with Crippen molar-refractivity contribution in [2.45, 2.75) is 19.4 Å². The zero-order chi connectivity index (χ0) is 22.5. The molecule has 2 aromatic heterocycles. The molecule has 10 heteroatoms. The molecule has 9 nitrogen and oxygen atoms in total. The predicted molar refractivity (Wildman–Crippen MR) is 119 cm³/mol. The van der Waals surface area contributed by atoms with Crippen molar-refractivity contribution < 1.29 is 14.0 Å². The Balaban J connectivity index is 1.41. The van der Waals surface area contributed by atoms with Crippen LogP contribution in [0.2, 0.25) is 5.02 Å². The minimum absolute atomic E-state index is 0.214. The lowest BCUT2D eigenvalue weighted by Crippen LogP contribution is -2.27. The lowest BCUT2D eigenvalue weighted by Gasteiger charge is -2.14. The molecule has 2 aromatic carbocycles. The molecule has 0 fully saturated rings. The van der Waals surface area contributed by atoms with Gasteiger partial charge in [0.15, 0.2) is 11.8 Å². The monoisotopic (exact) mass is 450 g/mol. The number of rotatable bonds is 7. The first-order valence-electron chi connectivity index (χ1n) is 9.84. The zero-order valence-corrected chi connectivity index (χ0v) is 17.8. The average Bonchev–Trinajstić information content (AvgIpc) is 3.49. The van der Waals surface area contributed by atoms with Gasteiger partial charge in [-0.1, -0.05) is 18.5 Å². The number of aromatic nitrogens is 4. The van der Waals surface area contributed by atoms with Crippen LogP contribution in [-0.4, -0.2) is 32.0 Å². The fourth-order valence-electron chi connectivity index (χ4n) is 2.99. The number of carbonyl (C=O) groups excluding carboxylic acids is 2. The van der Waals surface area contributed by atoms with E-state index < -0.39 is 6.04 Å². The first kappa shape index (κ1) is 21.3. The van der Waals surface area contributed by atoms with Crippen molar-refractivity contribution in [3.63, 3.8) is 0 Å². The third-order valence-electron chi connectivity index (χ3n) is 4.65. The van der Waals surface area contributed by atoms with Gasteiger partial charge in [-0.2, -0.15) is 4.80 Å². The lowest BCUT2D eigenvalue weighted by molar-refractivity contribution is -0.120. The van der Waals surface area contributed by atoms with Crippen molar-refractivity contribution in [1.29, 1.82) is 0 Å². The molecular formula is C22H19ClN6O3. The number of nitrogens with zero attached hydrogens (tertiary/aromatic N) is 4. The zero-order valence-electron chi connectivity index (χ0n) is 17.0. The summed E-state index contributed by atoms with van der Waals surface area (Å²) in [5.74, 6) is -0.0115. The van der Waals surface area contributed by atoms with Gasteiger partial charge in [0.2, 0.25) is 5.82 Å². The van der Waals surface area contributed by atoms with Crippen molar-refractivity contribution >= 4 is 34.8 Å². The van der Waals surface area contributed by atoms with Crippen LogP contribution >= 0.6 is 11.6 Å². The van der Waals surface area contributed by atoms with Gasteiger partial charge in [0, 0.05) is 22.0 Å². The Morgan fingerprint density at radius 2 is 1.72 bits per heavy atom. The Kier molecular flexibility index (Phi) is 6.27. The van der Waals surface area contributed by atoms with Crippen molar-refractivity contribution in [2.24, 2.45) is 0 Å². The Labute approximate surface area is 188 Å². The second kappa shape index (κ2) is 9.44. The maximum atomic E-state index is 12.8. The van der Waals surface area contributed by atoms with Crippen LogP contribution in [0.25, 0.3) is 11.4 Å². The molecule has 0 aliphatic carbocycles. The van der Waals surface area contributed by atoms with Crippen LogP contribution in [0.3, 0.4) is 0 Å². The number of tetrazole rings is 1. The van der Waals surface area contributed by atoms with Gasteiger partial charge in [0.05, 0.1) is 6.26 Å². The predicted octanol–water partition coefficient (Wildman–Crippen LogP) is 4.43. The van der Waals surface area contributed by atoms with Gasteiger partial charge in [-0.25, -0.2) is 0 Å². The van der Waals surface area contributed by atoms with Crippen LogP contribution in [0.5, 0.6) is 0 Å². The minimum Gasteiger partial charge on any atom is -0.459 e. The van der Waals surface area contributed by atoms with E-state index in [1.807, 2.05) is 6.92 Å². The number of hydrogen-bond donors (Lipinski definition) is 2. The van der Waals surface area contributed by atoms with Crippen molar-refractivity contribution in [2.75, 3.05) is 10.6 Å². The Bertz CT molecular complexity index is 1200. The standard InChI is InChI=1S/C22H19ClN6O3/c1-2-18(29-27-20(26-28-29)14-5-7-15(23)8-6-14)21(30)24-16-9-11-17(12-10-16)25-22(31)19-4-3-13-32-19/h3-13,18H,2H2,1H3,(H,24,30)(H,25,31). The summed E-state index contributed by atoms with van der Waals surface area (Å²) in [4.78, 5) is 26.2. The summed E-state index contributed by atoms with van der Waals surface area (Å²) in [5, 5.41) is 18.6. The van der Waals surface area contributed by atoms with Crippen LogP contribution in [0.4, 0.5) is 11.4 Å². The molecule has 0 aliphatic heterocycles. The fourth-order valence-corrected chi connectivity index (χ4v) is 3.11. The molecule has 0 bridgehead atoms. The number of furan rings is 1. The quantitative estimate of drug-likeness (QED) is 0.430. The van der Waals surface area contributed by atoms with Gasteiger partial charge in [0.25, 0.3) is 11.8 Å². The SMILES string of the molecule is CCC(C(=O)Nc1ccc(NC(=O)c2ccco2)cc1)n1nnc(-c2ccc(Cl)cc2)n1. The summed E-state index contributed by atoms with van der Waals surface area (Å²) in [6.45, 7) is 1.86. The van der Waals surface area contributed by atoms with E-state index in [9.17, 15) is 9.59 Å². The summed E-state index contributed by atoms with van der Waals surface area (Å²) in [5.41, 5.74) is 1.90. The van der Waals surface area contributed by atoms with Gasteiger partial charge in [-0.3, -0.25) is 9.59 Å². The fraction of sp³-hybridized carbons (Fsp3) is 0.136. The van der Waals surface area contributed by atoms with Crippen LogP contribution in [0.1, 0.15) is 29.9 Å². The molecule has 0 saturated heterocycles. The molecule has 32 heavy (non-hydrogen) atoms. The van der Waals surface area contributed by atoms with Crippen LogP contribution in [0.15, 0.2) is 71.3 Å². The Hall–Kier alpha value is -3.98. The van der Waals surface area contributed by atoms with Gasteiger partial charge < -0.3 is 15.1 Å². The first-order chi connectivity index (χ1) is 15.5. The molecule has 2 heterocycles. The molecule has 0 saturated carbocycles. The largest absolute Gasteiger partial charge is 0.459 e. The van der Waals surface area contributed by atoms with E-state index in [1.165, 1.54) is 11.1 Å². The number of carbonyl (C=O) groups is 2. The van der Waals surface area contributed by atoms with Crippen LogP contribution < -0.4 is 10.6 Å². The van der Waals surface area contributed by atoms with Crippen LogP contribution in [-0.2, 0) is 4.79 Å². The minimum atomic E-state index is -0.637. The van der Waals surface area contributed by atoms with E-state index >= 15 is 0 Å². The van der Waals surface area contributed by atoms with Gasteiger partial charge >= 0.3 is 0 Å². The van der Waals surface area contributed by atoms with Crippen molar-refractivity contribution in [3.05, 3.63) is 77.7 Å². The molecule has 1 atom stereocenters. The Morgan fingerprint density at radius 3 is 2.34 bits per heavy atom. The Morgan fingerprint density at radius 1 is 1.03 bits per heavy atom. The van der Waals surface area contributed by atoms with Gasteiger partial charge in [-0.05, 0) is 72.3 Å². The molecule has 1 unspecified atom stereocenters. The number of anilines is 2. The highest BCUT2D eigenvalue weighted by Crippen LogP contribution is 2.20. The number of halogens is 1. The molecule has 4 rings (SSSR count). The number of amides is 2. The molecule has 2 N–H and O–H groups in total. The molecule has 4 aromatic rings. The second-order valence-corrected chi connectivity index (χ2v) is 7.30. The molecule has 0 spiro atoms. The van der Waals surface area contributed by atoms with Crippen molar-refractivity contribution in [3.8, 4) is 11.4 Å². The highest BCUT2D eigenvalue weighted by atomic mass is 35.5. The maximum Gasteiger partial charge on any atom is 0.291 e. The summed E-state index contributed by atoms with van der Waals surface area (Å²) < 4.78 is 5.07. The second-order valence-electron chi connectivity index (χ2n) is 6.86. The third-order valence-corrected chi connectivity index (χ3v) is 4.91. The summed E-state index contributed by atoms with van der Waals surface area (Å²) in [6, 6.07) is 16.4. The summed E-state index contributed by atoms with van der Waals surface area (Å²) in [7, 11) is 0. The highest BCUT2D eigenvalue weighted by molar-refractivity contribution is 6.30. The average molecular weight is 451 g/mol. The number of benzene rings is 2. The smallest absolute Gasteiger partial charge is 0.291 e. The third kappa shape index (κ3) is 4.84. The first-order valence-corrected chi connectivity index (χ1v) is 10.2. The van der Waals surface area contributed by atoms with Crippen molar-refractivity contribution in [1.82, 2.24) is 20.2 Å². The molecule has 0 aliphatic rings. The van der Waals surface area contributed by atoms with E-state index in [-0.39, 0.29) is 17.6 Å². The highest BCUT2D eigenvalue weighted by Gasteiger charge is 2.22. The van der Waals surface area contributed by atoms with Crippen LogP contribution in [0, 0.1) is 0 Å². The normalized spacial score (nSPS) is 11.7. The number of hydrogen-bond acceptors (Lipinski definition) is 6. The van der Waals surface area contributed by atoms with Gasteiger partial charge in [-0.15, -0.1) is 10.2 Å². The van der Waals surface area contributed by atoms with E-state index in [2.05, 4.69) is 26.0 Å². The lowest BCUT2D eigenvalue weighted by atomic mass is 10.2. The molecule has 2 amide bonds. The summed E-state index contributed by atoms with van der Waals surface area (Å²) >= 11 is 5.91.